The average molecular weight is 258 g/mol. The summed E-state index contributed by atoms with van der Waals surface area (Å²) in [6, 6.07) is 7.71. The van der Waals surface area contributed by atoms with Crippen molar-refractivity contribution in [1.29, 1.82) is 0 Å². The molecule has 0 heterocycles. The van der Waals surface area contributed by atoms with Crippen LogP contribution < -0.4 is 5.73 Å². The molecule has 3 N–H and O–H groups in total. The molecular formula is C12H16ClNOS. The molecule has 0 bridgehead atoms. The molecule has 1 aromatic carbocycles. The van der Waals surface area contributed by atoms with Gasteiger partial charge in [0, 0.05) is 15.7 Å². The Kier molecular flexibility index (Phi) is 3.80. The monoisotopic (exact) mass is 257 g/mol. The standard InChI is InChI=1S/C12H16ClNOS/c13-10-3-5-11(6-4-10)16-8-12(14,7-15)9-1-2-9/h3-6,9,15H,1-2,7-8,14H2. The summed E-state index contributed by atoms with van der Waals surface area (Å²) in [5, 5.41) is 10.1. The number of hydrogen-bond acceptors (Lipinski definition) is 3. The number of nitrogens with two attached hydrogens (primary N) is 1. The molecule has 0 spiro atoms. The molecule has 1 aliphatic rings. The summed E-state index contributed by atoms with van der Waals surface area (Å²) >= 11 is 7.50. The van der Waals surface area contributed by atoms with Gasteiger partial charge in [-0.2, -0.15) is 0 Å². The van der Waals surface area contributed by atoms with Crippen LogP contribution in [0.1, 0.15) is 12.8 Å². The van der Waals surface area contributed by atoms with E-state index in [0.29, 0.717) is 5.92 Å². The fraction of sp³-hybridized carbons (Fsp3) is 0.500. The van der Waals surface area contributed by atoms with E-state index in [1.54, 1.807) is 11.8 Å². The van der Waals surface area contributed by atoms with Crippen LogP contribution in [0.4, 0.5) is 0 Å². The minimum absolute atomic E-state index is 0.0677. The van der Waals surface area contributed by atoms with Gasteiger partial charge in [-0.3, -0.25) is 0 Å². The van der Waals surface area contributed by atoms with Crippen molar-refractivity contribution in [2.75, 3.05) is 12.4 Å². The summed E-state index contributed by atoms with van der Waals surface area (Å²) in [5.41, 5.74) is 5.77. The maximum Gasteiger partial charge on any atom is 0.0622 e. The Balaban J connectivity index is 1.92. The van der Waals surface area contributed by atoms with Gasteiger partial charge in [0.25, 0.3) is 0 Å². The van der Waals surface area contributed by atoms with Gasteiger partial charge in [0.15, 0.2) is 0 Å². The topological polar surface area (TPSA) is 46.2 Å². The van der Waals surface area contributed by atoms with Gasteiger partial charge in [0.1, 0.15) is 0 Å². The molecule has 0 saturated heterocycles. The summed E-state index contributed by atoms with van der Waals surface area (Å²) < 4.78 is 0. The number of aliphatic hydroxyl groups excluding tert-OH is 1. The van der Waals surface area contributed by atoms with E-state index in [1.807, 2.05) is 24.3 Å². The first-order valence-electron chi connectivity index (χ1n) is 5.42. The van der Waals surface area contributed by atoms with Gasteiger partial charge >= 0.3 is 0 Å². The molecule has 4 heteroatoms. The van der Waals surface area contributed by atoms with Crippen LogP contribution in [0.3, 0.4) is 0 Å². The van der Waals surface area contributed by atoms with Crippen LogP contribution in [-0.2, 0) is 0 Å². The van der Waals surface area contributed by atoms with Crippen LogP contribution in [-0.4, -0.2) is 23.0 Å². The number of rotatable bonds is 5. The van der Waals surface area contributed by atoms with Crippen LogP contribution in [0.15, 0.2) is 29.2 Å². The molecule has 0 radical (unpaired) electrons. The average Bonchev–Trinajstić information content (AvgIpc) is 3.12. The van der Waals surface area contributed by atoms with Crippen LogP contribution in [0.2, 0.25) is 5.02 Å². The van der Waals surface area contributed by atoms with Crippen molar-refractivity contribution in [3.8, 4) is 0 Å². The van der Waals surface area contributed by atoms with E-state index in [2.05, 4.69) is 0 Å². The number of thioether (sulfide) groups is 1. The SMILES string of the molecule is NC(CO)(CSc1ccc(Cl)cc1)C1CC1. The molecule has 1 aliphatic carbocycles. The molecule has 16 heavy (non-hydrogen) atoms. The van der Waals surface area contributed by atoms with Crippen molar-refractivity contribution in [1.82, 2.24) is 0 Å². The Hall–Kier alpha value is -0.220. The molecule has 1 unspecified atom stereocenters. The normalized spacial score (nSPS) is 19.4. The molecule has 1 aromatic rings. The predicted octanol–water partition coefficient (Wildman–Crippen LogP) is 2.53. The minimum atomic E-state index is -0.412. The third-order valence-electron chi connectivity index (χ3n) is 3.01. The predicted molar refractivity (Wildman–Crippen MR) is 68.9 cm³/mol. The lowest BCUT2D eigenvalue weighted by atomic mass is 9.99. The largest absolute Gasteiger partial charge is 0.394 e. The number of hydrogen-bond donors (Lipinski definition) is 2. The molecule has 88 valence electrons. The second-order valence-electron chi connectivity index (χ2n) is 4.41. The third-order valence-corrected chi connectivity index (χ3v) is 4.55. The van der Waals surface area contributed by atoms with Crippen LogP contribution in [0.5, 0.6) is 0 Å². The van der Waals surface area contributed by atoms with E-state index in [1.165, 1.54) is 0 Å². The van der Waals surface area contributed by atoms with Gasteiger partial charge in [-0.15, -0.1) is 11.8 Å². The molecule has 0 aliphatic heterocycles. The lowest BCUT2D eigenvalue weighted by molar-refractivity contribution is 0.194. The van der Waals surface area contributed by atoms with Crippen LogP contribution in [0.25, 0.3) is 0 Å². The number of halogens is 1. The highest BCUT2D eigenvalue weighted by atomic mass is 35.5. The lowest BCUT2D eigenvalue weighted by Crippen LogP contribution is -2.48. The van der Waals surface area contributed by atoms with Crippen molar-refractivity contribution in [2.24, 2.45) is 11.7 Å². The Bertz CT molecular complexity index is 353. The highest BCUT2D eigenvalue weighted by molar-refractivity contribution is 7.99. The van der Waals surface area contributed by atoms with Crippen LogP contribution >= 0.6 is 23.4 Å². The fourth-order valence-corrected chi connectivity index (χ4v) is 2.92. The second-order valence-corrected chi connectivity index (χ2v) is 5.89. The molecule has 1 saturated carbocycles. The van der Waals surface area contributed by atoms with Gasteiger partial charge in [0.05, 0.1) is 12.1 Å². The summed E-state index contributed by atoms with van der Waals surface area (Å²) in [6.07, 6.45) is 2.30. The van der Waals surface area contributed by atoms with Crippen molar-refractivity contribution in [3.63, 3.8) is 0 Å². The smallest absolute Gasteiger partial charge is 0.0622 e. The number of aliphatic hydroxyl groups is 1. The van der Waals surface area contributed by atoms with Crippen molar-refractivity contribution in [2.45, 2.75) is 23.3 Å². The van der Waals surface area contributed by atoms with Crippen molar-refractivity contribution in [3.05, 3.63) is 29.3 Å². The maximum atomic E-state index is 9.36. The Morgan fingerprint density at radius 1 is 1.38 bits per heavy atom. The van der Waals surface area contributed by atoms with Crippen molar-refractivity contribution >= 4 is 23.4 Å². The van der Waals surface area contributed by atoms with E-state index in [9.17, 15) is 5.11 Å². The summed E-state index contributed by atoms with van der Waals surface area (Å²) in [5.74, 6) is 1.26. The van der Waals surface area contributed by atoms with Crippen molar-refractivity contribution < 1.29 is 5.11 Å². The van der Waals surface area contributed by atoms with Gasteiger partial charge in [-0.25, -0.2) is 0 Å². The first kappa shape index (κ1) is 12.2. The summed E-state index contributed by atoms with van der Waals surface area (Å²) in [4.78, 5) is 1.15. The zero-order valence-electron chi connectivity index (χ0n) is 9.03. The first-order valence-corrected chi connectivity index (χ1v) is 6.78. The third kappa shape index (κ3) is 2.92. The highest BCUT2D eigenvalue weighted by Gasteiger charge is 2.41. The molecule has 1 fully saturated rings. The molecule has 1 atom stereocenters. The Labute approximate surface area is 105 Å². The molecular weight excluding hydrogens is 242 g/mol. The van der Waals surface area contributed by atoms with Gasteiger partial charge < -0.3 is 10.8 Å². The molecule has 0 amide bonds. The van der Waals surface area contributed by atoms with Gasteiger partial charge in [-0.05, 0) is 43.0 Å². The van der Waals surface area contributed by atoms with E-state index in [4.69, 9.17) is 17.3 Å². The minimum Gasteiger partial charge on any atom is -0.394 e. The molecule has 2 nitrogen and oxygen atoms in total. The molecule has 2 rings (SSSR count). The molecule has 0 aromatic heterocycles. The van der Waals surface area contributed by atoms with Gasteiger partial charge in [-0.1, -0.05) is 11.6 Å². The maximum absolute atomic E-state index is 9.36. The van der Waals surface area contributed by atoms with Gasteiger partial charge in [0.2, 0.25) is 0 Å². The lowest BCUT2D eigenvalue weighted by Gasteiger charge is -2.26. The Morgan fingerprint density at radius 2 is 2.00 bits per heavy atom. The first-order chi connectivity index (χ1) is 7.64. The van der Waals surface area contributed by atoms with E-state index >= 15 is 0 Å². The second kappa shape index (κ2) is 4.96. The summed E-state index contributed by atoms with van der Waals surface area (Å²) in [7, 11) is 0. The quantitative estimate of drug-likeness (QED) is 0.797. The zero-order chi connectivity index (χ0) is 11.6. The number of benzene rings is 1. The van der Waals surface area contributed by atoms with E-state index in [-0.39, 0.29) is 6.61 Å². The van der Waals surface area contributed by atoms with E-state index < -0.39 is 5.54 Å². The fourth-order valence-electron chi connectivity index (χ4n) is 1.70. The summed E-state index contributed by atoms with van der Waals surface area (Å²) in [6.45, 7) is 0.0677. The Morgan fingerprint density at radius 3 is 2.50 bits per heavy atom. The highest BCUT2D eigenvalue weighted by Crippen LogP contribution is 2.40. The zero-order valence-corrected chi connectivity index (χ0v) is 10.6. The van der Waals surface area contributed by atoms with E-state index in [0.717, 1.165) is 28.5 Å². The van der Waals surface area contributed by atoms with Crippen LogP contribution in [0, 0.1) is 5.92 Å².